The van der Waals surface area contributed by atoms with Crippen LogP contribution in [0, 0.1) is 0 Å². The van der Waals surface area contributed by atoms with Crippen molar-refractivity contribution in [2.75, 3.05) is 20.0 Å². The van der Waals surface area contributed by atoms with Crippen LogP contribution in [0.25, 0.3) is 0 Å². The molecule has 1 aromatic heterocycles. The van der Waals surface area contributed by atoms with E-state index in [0.717, 1.165) is 15.4 Å². The minimum Gasteiger partial charge on any atom is -0.491 e. The minimum atomic E-state index is 0.0923. The van der Waals surface area contributed by atoms with E-state index in [-0.39, 0.29) is 6.10 Å². The molecule has 0 N–H and O–H groups in total. The maximum Gasteiger partial charge on any atom is 0.124 e. The fourth-order valence-corrected chi connectivity index (χ4v) is 1.88. The summed E-state index contributed by atoms with van der Waals surface area (Å²) >= 11 is 4.93. The van der Waals surface area contributed by atoms with Crippen molar-refractivity contribution in [3.8, 4) is 5.75 Å². The second-order valence-electron chi connectivity index (χ2n) is 3.03. The summed E-state index contributed by atoms with van der Waals surface area (Å²) in [7, 11) is 1.67. The first-order valence-corrected chi connectivity index (χ1v) is 6.54. The Balaban J connectivity index is 2.64. The van der Waals surface area contributed by atoms with Crippen molar-refractivity contribution in [3.63, 3.8) is 0 Å². The van der Waals surface area contributed by atoms with Gasteiger partial charge in [-0.2, -0.15) is 0 Å². The molecule has 0 radical (unpaired) electrons. The number of methoxy groups -OCH3 is 1. The normalized spacial score (nSPS) is 12.5. The van der Waals surface area contributed by atoms with Crippen molar-refractivity contribution in [3.05, 3.63) is 16.7 Å². The smallest absolute Gasteiger partial charge is 0.124 e. The Hall–Kier alpha value is -0.260. The molecular formula is C10H14BrNO2S. The standard InChI is InChI=1S/C10H14BrNO2S/c1-7(13-2)6-14-8-4-9(11)12-10(5-8)15-3/h4-5,7H,6H2,1-3H3/t7-/m0/s1. The number of hydrogen-bond acceptors (Lipinski definition) is 4. The van der Waals surface area contributed by atoms with Gasteiger partial charge in [0, 0.05) is 19.2 Å². The van der Waals surface area contributed by atoms with Gasteiger partial charge in [-0.05, 0) is 29.1 Å². The van der Waals surface area contributed by atoms with Gasteiger partial charge in [0.25, 0.3) is 0 Å². The van der Waals surface area contributed by atoms with Crippen molar-refractivity contribution in [1.82, 2.24) is 4.98 Å². The van der Waals surface area contributed by atoms with Gasteiger partial charge in [0.05, 0.1) is 6.10 Å². The molecular weight excluding hydrogens is 278 g/mol. The molecule has 0 aromatic carbocycles. The molecule has 0 aliphatic rings. The van der Waals surface area contributed by atoms with Gasteiger partial charge in [-0.1, -0.05) is 0 Å². The Morgan fingerprint density at radius 3 is 2.87 bits per heavy atom. The zero-order chi connectivity index (χ0) is 11.3. The van der Waals surface area contributed by atoms with Gasteiger partial charge in [-0.3, -0.25) is 0 Å². The zero-order valence-corrected chi connectivity index (χ0v) is 11.4. The van der Waals surface area contributed by atoms with Crippen LogP contribution in [0.15, 0.2) is 21.8 Å². The Morgan fingerprint density at radius 1 is 1.53 bits per heavy atom. The Kier molecular flexibility index (Phi) is 5.42. The van der Waals surface area contributed by atoms with Crippen LogP contribution in [-0.4, -0.2) is 31.1 Å². The average molecular weight is 292 g/mol. The first kappa shape index (κ1) is 12.8. The third-order valence-corrected chi connectivity index (χ3v) is 2.87. The first-order chi connectivity index (χ1) is 7.15. The lowest BCUT2D eigenvalue weighted by Gasteiger charge is -2.12. The maximum atomic E-state index is 5.57. The molecule has 0 saturated carbocycles. The molecule has 0 saturated heterocycles. The monoisotopic (exact) mass is 291 g/mol. The summed E-state index contributed by atoms with van der Waals surface area (Å²) in [6.45, 7) is 2.51. The molecule has 1 atom stereocenters. The van der Waals surface area contributed by atoms with Gasteiger partial charge in [0.15, 0.2) is 0 Å². The number of rotatable bonds is 5. The largest absolute Gasteiger partial charge is 0.491 e. The summed E-state index contributed by atoms with van der Waals surface area (Å²) in [5.74, 6) is 0.810. The van der Waals surface area contributed by atoms with E-state index in [1.807, 2.05) is 25.3 Å². The fraction of sp³-hybridized carbons (Fsp3) is 0.500. The van der Waals surface area contributed by atoms with Crippen molar-refractivity contribution in [2.24, 2.45) is 0 Å². The van der Waals surface area contributed by atoms with Crippen LogP contribution in [0.5, 0.6) is 5.75 Å². The second kappa shape index (κ2) is 6.35. The van der Waals surface area contributed by atoms with Crippen molar-refractivity contribution < 1.29 is 9.47 Å². The molecule has 0 aliphatic carbocycles. The van der Waals surface area contributed by atoms with Crippen LogP contribution >= 0.6 is 27.7 Å². The zero-order valence-electron chi connectivity index (χ0n) is 8.99. The van der Waals surface area contributed by atoms with Crippen molar-refractivity contribution in [2.45, 2.75) is 18.1 Å². The second-order valence-corrected chi connectivity index (χ2v) is 4.66. The number of ether oxygens (including phenoxy) is 2. The highest BCUT2D eigenvalue weighted by Gasteiger charge is 2.04. The summed E-state index contributed by atoms with van der Waals surface area (Å²) < 4.78 is 11.5. The molecule has 0 aliphatic heterocycles. The van der Waals surface area contributed by atoms with Gasteiger partial charge < -0.3 is 9.47 Å². The highest BCUT2D eigenvalue weighted by molar-refractivity contribution is 9.10. The molecule has 0 spiro atoms. The lowest BCUT2D eigenvalue weighted by molar-refractivity contribution is 0.0715. The molecule has 0 fully saturated rings. The molecule has 5 heteroatoms. The molecule has 1 aromatic rings. The van der Waals surface area contributed by atoms with Crippen LogP contribution in [0.3, 0.4) is 0 Å². The predicted octanol–water partition coefficient (Wildman–Crippen LogP) is 2.98. The van der Waals surface area contributed by atoms with Gasteiger partial charge >= 0.3 is 0 Å². The van der Waals surface area contributed by atoms with Crippen LogP contribution in [0.1, 0.15) is 6.92 Å². The van der Waals surface area contributed by atoms with E-state index in [9.17, 15) is 0 Å². The van der Waals surface area contributed by atoms with E-state index in [1.165, 1.54) is 0 Å². The third-order valence-electron chi connectivity index (χ3n) is 1.84. The topological polar surface area (TPSA) is 31.4 Å². The average Bonchev–Trinajstić information content (AvgIpc) is 2.25. The molecule has 0 amide bonds. The van der Waals surface area contributed by atoms with Crippen LogP contribution < -0.4 is 4.74 Å². The third kappa shape index (κ3) is 4.40. The molecule has 84 valence electrons. The Bertz CT molecular complexity index is 322. The molecule has 0 unspecified atom stereocenters. The maximum absolute atomic E-state index is 5.57. The number of pyridine rings is 1. The molecule has 1 heterocycles. The quantitative estimate of drug-likeness (QED) is 0.617. The SMILES string of the molecule is CO[C@@H](C)COc1cc(Br)nc(SC)c1. The fourth-order valence-electron chi connectivity index (χ4n) is 0.920. The van der Waals surface area contributed by atoms with E-state index in [4.69, 9.17) is 9.47 Å². The van der Waals surface area contributed by atoms with E-state index < -0.39 is 0 Å². The molecule has 3 nitrogen and oxygen atoms in total. The summed E-state index contributed by atoms with van der Waals surface area (Å²) in [5.41, 5.74) is 0. The number of thioether (sulfide) groups is 1. The molecule has 15 heavy (non-hydrogen) atoms. The van der Waals surface area contributed by atoms with Gasteiger partial charge in [-0.15, -0.1) is 11.8 Å². The summed E-state index contributed by atoms with van der Waals surface area (Å²) in [4.78, 5) is 4.27. The number of aromatic nitrogens is 1. The van der Waals surface area contributed by atoms with E-state index >= 15 is 0 Å². The van der Waals surface area contributed by atoms with Gasteiger partial charge in [-0.25, -0.2) is 4.98 Å². The van der Waals surface area contributed by atoms with E-state index in [1.54, 1.807) is 18.9 Å². The Morgan fingerprint density at radius 2 is 2.27 bits per heavy atom. The van der Waals surface area contributed by atoms with Crippen LogP contribution in [0.4, 0.5) is 0 Å². The summed E-state index contributed by atoms with van der Waals surface area (Å²) in [5, 5.41) is 0.935. The van der Waals surface area contributed by atoms with Crippen LogP contribution in [-0.2, 0) is 4.74 Å². The van der Waals surface area contributed by atoms with E-state index in [2.05, 4.69) is 20.9 Å². The first-order valence-electron chi connectivity index (χ1n) is 4.53. The molecule has 0 bridgehead atoms. The molecule has 1 rings (SSSR count). The number of hydrogen-bond donors (Lipinski definition) is 0. The van der Waals surface area contributed by atoms with Gasteiger partial charge in [0.2, 0.25) is 0 Å². The van der Waals surface area contributed by atoms with Crippen molar-refractivity contribution in [1.29, 1.82) is 0 Å². The van der Waals surface area contributed by atoms with Crippen LogP contribution in [0.2, 0.25) is 0 Å². The lowest BCUT2D eigenvalue weighted by atomic mass is 10.4. The summed E-state index contributed by atoms with van der Waals surface area (Å²) in [6, 6.07) is 3.76. The highest BCUT2D eigenvalue weighted by Crippen LogP contribution is 2.23. The minimum absolute atomic E-state index is 0.0923. The Labute approximate surface area is 103 Å². The highest BCUT2D eigenvalue weighted by atomic mass is 79.9. The number of halogens is 1. The van der Waals surface area contributed by atoms with Crippen molar-refractivity contribution >= 4 is 27.7 Å². The predicted molar refractivity (Wildman–Crippen MR) is 65.7 cm³/mol. The number of nitrogens with zero attached hydrogens (tertiary/aromatic N) is 1. The van der Waals surface area contributed by atoms with E-state index in [0.29, 0.717) is 6.61 Å². The van der Waals surface area contributed by atoms with Gasteiger partial charge in [0.1, 0.15) is 22.0 Å². The lowest BCUT2D eigenvalue weighted by Crippen LogP contribution is -2.15. The summed E-state index contributed by atoms with van der Waals surface area (Å²) in [6.07, 6.45) is 2.07.